The topological polar surface area (TPSA) is 37.3 Å². The first-order valence-corrected chi connectivity index (χ1v) is 11.7. The first kappa shape index (κ1) is 20.8. The van der Waals surface area contributed by atoms with Gasteiger partial charge in [-0.3, -0.25) is 9.69 Å². The van der Waals surface area contributed by atoms with E-state index < -0.39 is 0 Å². The van der Waals surface area contributed by atoms with E-state index in [1.807, 2.05) is 6.07 Å². The second kappa shape index (κ2) is 8.79. The van der Waals surface area contributed by atoms with Crippen LogP contribution in [-0.4, -0.2) is 28.5 Å². The Hall–Kier alpha value is -3.11. The number of para-hydroxylation sites is 1. The number of amides is 1. The highest BCUT2D eigenvalue weighted by Crippen LogP contribution is 2.31. The summed E-state index contributed by atoms with van der Waals surface area (Å²) in [6.07, 6.45) is 2.01. The van der Waals surface area contributed by atoms with Crippen molar-refractivity contribution in [3.05, 3.63) is 77.9 Å². The zero-order valence-electron chi connectivity index (χ0n) is 19.0. The van der Waals surface area contributed by atoms with E-state index >= 15 is 0 Å². The molecule has 1 aromatic heterocycles. The lowest BCUT2D eigenvalue weighted by molar-refractivity contribution is -0.121. The summed E-state index contributed by atoms with van der Waals surface area (Å²) in [4.78, 5) is 15.6. The number of carbonyl (C=O) groups is 1. The number of piperidine rings is 1. The van der Waals surface area contributed by atoms with Crippen LogP contribution in [0.15, 0.2) is 66.7 Å². The molecule has 4 aromatic rings. The van der Waals surface area contributed by atoms with Gasteiger partial charge in [-0.05, 0) is 63.1 Å². The maximum absolute atomic E-state index is 13.1. The summed E-state index contributed by atoms with van der Waals surface area (Å²) in [6.45, 7) is 8.01. The number of aromatic nitrogens is 1. The zero-order valence-corrected chi connectivity index (χ0v) is 19.0. The molecule has 0 bridgehead atoms. The number of aryl methyl sites for hydroxylation is 2. The Bertz CT molecular complexity index is 1270. The van der Waals surface area contributed by atoms with E-state index in [-0.39, 0.29) is 11.8 Å². The number of nitrogens with one attached hydrogen (secondary N) is 1. The molecular weight excluding hydrogens is 394 g/mol. The monoisotopic (exact) mass is 425 g/mol. The summed E-state index contributed by atoms with van der Waals surface area (Å²) in [5, 5.41) is 5.65. The Morgan fingerprint density at radius 1 is 1.00 bits per heavy atom. The van der Waals surface area contributed by atoms with E-state index in [4.69, 9.17) is 0 Å². The van der Waals surface area contributed by atoms with Gasteiger partial charge < -0.3 is 9.88 Å². The van der Waals surface area contributed by atoms with Crippen molar-refractivity contribution in [1.29, 1.82) is 0 Å². The van der Waals surface area contributed by atoms with E-state index in [1.54, 1.807) is 0 Å². The van der Waals surface area contributed by atoms with E-state index in [2.05, 4.69) is 89.3 Å². The summed E-state index contributed by atoms with van der Waals surface area (Å²) >= 11 is 0. The fourth-order valence-electron chi connectivity index (χ4n) is 5.20. The molecule has 3 aromatic carbocycles. The van der Waals surface area contributed by atoms with Crippen LogP contribution in [0, 0.1) is 12.8 Å². The van der Waals surface area contributed by atoms with Crippen molar-refractivity contribution >= 4 is 33.4 Å². The molecule has 0 aliphatic carbocycles. The van der Waals surface area contributed by atoms with Crippen LogP contribution in [0.1, 0.15) is 30.9 Å². The van der Waals surface area contributed by atoms with Gasteiger partial charge in [0.05, 0.1) is 5.92 Å². The normalized spacial score (nSPS) is 17.1. The van der Waals surface area contributed by atoms with Crippen LogP contribution in [-0.2, 0) is 17.9 Å². The Labute approximate surface area is 189 Å². The maximum atomic E-state index is 13.1. The highest BCUT2D eigenvalue weighted by molar-refractivity contribution is 6.09. The maximum Gasteiger partial charge on any atom is 0.228 e. The molecule has 1 aliphatic heterocycles. The fraction of sp³-hybridized carbons (Fsp3) is 0.321. The predicted molar refractivity (Wildman–Crippen MR) is 133 cm³/mol. The zero-order chi connectivity index (χ0) is 22.1. The van der Waals surface area contributed by atoms with Crippen molar-refractivity contribution in [3.63, 3.8) is 0 Å². The SMILES string of the molecule is CCn1c2ccccc2c2cc(NC(=O)C3CCCN(Cc4cccc(C)c4)C3)ccc21. The van der Waals surface area contributed by atoms with Crippen LogP contribution in [0.3, 0.4) is 0 Å². The second-order valence-electron chi connectivity index (χ2n) is 9.05. The van der Waals surface area contributed by atoms with Crippen LogP contribution < -0.4 is 5.32 Å². The molecule has 1 amide bonds. The standard InChI is InChI=1S/C28H31N3O/c1-3-31-26-12-5-4-11-24(26)25-17-23(13-14-27(25)31)29-28(32)22-10-7-15-30(19-22)18-21-9-6-8-20(2)16-21/h4-6,8-9,11-14,16-17,22H,3,7,10,15,18-19H2,1-2H3,(H,29,32). The molecule has 1 N–H and O–H groups in total. The molecular formula is C28H31N3O. The number of benzene rings is 3. The molecule has 32 heavy (non-hydrogen) atoms. The average Bonchev–Trinajstić information content (AvgIpc) is 3.12. The Kier molecular flexibility index (Phi) is 5.71. The van der Waals surface area contributed by atoms with Gasteiger partial charge in [0.15, 0.2) is 0 Å². The van der Waals surface area contributed by atoms with Crippen molar-refractivity contribution in [2.75, 3.05) is 18.4 Å². The van der Waals surface area contributed by atoms with E-state index in [1.165, 1.54) is 32.9 Å². The summed E-state index contributed by atoms with van der Waals surface area (Å²) in [7, 11) is 0. The largest absolute Gasteiger partial charge is 0.341 e. The molecule has 5 rings (SSSR count). The molecule has 1 fully saturated rings. The molecule has 4 heteroatoms. The average molecular weight is 426 g/mol. The van der Waals surface area contributed by atoms with E-state index in [9.17, 15) is 4.79 Å². The van der Waals surface area contributed by atoms with Gasteiger partial charge in [-0.15, -0.1) is 0 Å². The van der Waals surface area contributed by atoms with Gasteiger partial charge in [0.25, 0.3) is 0 Å². The summed E-state index contributed by atoms with van der Waals surface area (Å²) in [6, 6.07) is 23.5. The molecule has 1 saturated heterocycles. The van der Waals surface area contributed by atoms with Crippen LogP contribution in [0.2, 0.25) is 0 Å². The Balaban J connectivity index is 1.32. The quantitative estimate of drug-likeness (QED) is 0.427. The minimum absolute atomic E-state index is 0.0289. The smallest absolute Gasteiger partial charge is 0.228 e. The minimum Gasteiger partial charge on any atom is -0.341 e. The lowest BCUT2D eigenvalue weighted by Gasteiger charge is -2.32. The number of carbonyl (C=O) groups excluding carboxylic acids is 1. The molecule has 0 radical (unpaired) electrons. The number of likely N-dealkylation sites (tertiary alicyclic amines) is 1. The van der Waals surface area contributed by atoms with Gasteiger partial charge in [0.2, 0.25) is 5.91 Å². The van der Waals surface area contributed by atoms with Crippen LogP contribution in [0.25, 0.3) is 21.8 Å². The molecule has 1 atom stereocenters. The van der Waals surface area contributed by atoms with E-state index in [0.29, 0.717) is 0 Å². The van der Waals surface area contributed by atoms with Crippen LogP contribution in [0.5, 0.6) is 0 Å². The Morgan fingerprint density at radius 3 is 2.69 bits per heavy atom. The van der Waals surface area contributed by atoms with Gasteiger partial charge in [0.1, 0.15) is 0 Å². The van der Waals surface area contributed by atoms with Crippen molar-refractivity contribution in [2.45, 2.75) is 39.8 Å². The van der Waals surface area contributed by atoms with Crippen molar-refractivity contribution < 1.29 is 4.79 Å². The number of anilines is 1. The lowest BCUT2D eigenvalue weighted by atomic mass is 9.96. The van der Waals surface area contributed by atoms with Crippen LogP contribution >= 0.6 is 0 Å². The highest BCUT2D eigenvalue weighted by Gasteiger charge is 2.26. The summed E-state index contributed by atoms with van der Waals surface area (Å²) < 4.78 is 2.33. The highest BCUT2D eigenvalue weighted by atomic mass is 16.1. The predicted octanol–water partition coefficient (Wildman–Crippen LogP) is 5.97. The number of rotatable bonds is 5. The number of hydrogen-bond acceptors (Lipinski definition) is 2. The molecule has 4 nitrogen and oxygen atoms in total. The van der Waals surface area contributed by atoms with Gasteiger partial charge in [0, 0.05) is 47.1 Å². The summed E-state index contributed by atoms with van der Waals surface area (Å²) in [5.41, 5.74) is 5.95. The van der Waals surface area contributed by atoms with Crippen LogP contribution in [0.4, 0.5) is 5.69 Å². The minimum atomic E-state index is 0.0289. The molecule has 0 saturated carbocycles. The molecule has 2 heterocycles. The van der Waals surface area contributed by atoms with Gasteiger partial charge in [-0.25, -0.2) is 0 Å². The first-order chi connectivity index (χ1) is 15.6. The molecule has 1 unspecified atom stereocenters. The number of fused-ring (bicyclic) bond motifs is 3. The number of hydrogen-bond donors (Lipinski definition) is 1. The number of nitrogens with zero attached hydrogens (tertiary/aromatic N) is 2. The van der Waals surface area contributed by atoms with Gasteiger partial charge in [-0.1, -0.05) is 48.0 Å². The van der Waals surface area contributed by atoms with Gasteiger partial charge >= 0.3 is 0 Å². The third-order valence-corrected chi connectivity index (χ3v) is 6.72. The van der Waals surface area contributed by atoms with Gasteiger partial charge in [-0.2, -0.15) is 0 Å². The van der Waals surface area contributed by atoms with Crippen molar-refractivity contribution in [1.82, 2.24) is 9.47 Å². The third kappa shape index (κ3) is 4.03. The summed E-state index contributed by atoms with van der Waals surface area (Å²) in [5.74, 6) is 0.166. The Morgan fingerprint density at radius 2 is 1.84 bits per heavy atom. The lowest BCUT2D eigenvalue weighted by Crippen LogP contribution is -2.40. The first-order valence-electron chi connectivity index (χ1n) is 11.7. The second-order valence-corrected chi connectivity index (χ2v) is 9.05. The molecule has 164 valence electrons. The molecule has 0 spiro atoms. The fourth-order valence-corrected chi connectivity index (χ4v) is 5.20. The van der Waals surface area contributed by atoms with Crippen molar-refractivity contribution in [3.8, 4) is 0 Å². The molecule has 1 aliphatic rings. The third-order valence-electron chi connectivity index (χ3n) is 6.72. The van der Waals surface area contributed by atoms with Crippen molar-refractivity contribution in [2.24, 2.45) is 5.92 Å². The van der Waals surface area contributed by atoms with E-state index in [0.717, 1.165) is 44.7 Å².